The van der Waals surface area contributed by atoms with Crippen molar-refractivity contribution in [3.63, 3.8) is 0 Å². The Hall–Kier alpha value is 0.813. The predicted octanol–water partition coefficient (Wildman–Crippen LogP) is 1.05. The number of rotatable bonds is 0. The molecule has 0 aliphatic heterocycles. The van der Waals surface area contributed by atoms with Gasteiger partial charge >= 0.3 is 30.2 Å². The molecule has 0 aliphatic rings. The van der Waals surface area contributed by atoms with Crippen molar-refractivity contribution in [1.29, 1.82) is 0 Å². The van der Waals surface area contributed by atoms with E-state index in [1.54, 1.807) is 0 Å². The van der Waals surface area contributed by atoms with Gasteiger partial charge in [0, 0.05) is 6.66 Å². The summed E-state index contributed by atoms with van der Waals surface area (Å²) >= 11 is 1.44. The summed E-state index contributed by atoms with van der Waals surface area (Å²) in [6.45, 7) is 3.45. The Labute approximate surface area is 54.9 Å². The molecule has 0 radical (unpaired) electrons. The normalized spacial score (nSPS) is 11.6. The Morgan fingerprint density at radius 2 is 1.86 bits per heavy atom. The summed E-state index contributed by atoms with van der Waals surface area (Å²) in [5, 5.41) is 1.38. The fourth-order valence-electron chi connectivity index (χ4n) is 0. The quantitative estimate of drug-likeness (QED) is 0.440. The largest absolute Gasteiger partial charge is 0.346 e. The zero-order valence-corrected chi connectivity index (χ0v) is 8.74. The molecule has 0 spiro atoms. The molecule has 0 saturated carbocycles. The van der Waals surface area contributed by atoms with Gasteiger partial charge in [0.2, 0.25) is 0 Å². The van der Waals surface area contributed by atoms with Crippen molar-refractivity contribution in [2.75, 3.05) is 6.66 Å². The van der Waals surface area contributed by atoms with E-state index in [9.17, 15) is 4.57 Å². The van der Waals surface area contributed by atoms with Gasteiger partial charge in [-0.25, -0.2) is 0 Å². The van der Waals surface area contributed by atoms with Crippen LogP contribution in [-0.2, 0) is 22.9 Å². The minimum Gasteiger partial charge on any atom is -0.346 e. The second-order valence-electron chi connectivity index (χ2n) is 1.02. The molecule has 0 aromatic heterocycles. The third-order valence-corrected chi connectivity index (χ3v) is 0. The Bertz CT molecular complexity index is 44.2. The van der Waals surface area contributed by atoms with Crippen LogP contribution in [0.15, 0.2) is 0 Å². The molecule has 0 fully saturated rings. The molecule has 0 aliphatic carbocycles. The molecule has 1 N–H and O–H groups in total. The minimum atomic E-state index is -2.13. The van der Waals surface area contributed by atoms with Crippen LogP contribution in [-0.4, -0.2) is 11.6 Å². The summed E-state index contributed by atoms with van der Waals surface area (Å²) in [6.07, 6.45) is 0. The molecule has 4 heteroatoms. The van der Waals surface area contributed by atoms with Crippen LogP contribution in [0.2, 0.25) is 5.02 Å². The average Bonchev–Trinajstić information content (AvgIpc) is 1.33. The van der Waals surface area contributed by atoms with E-state index in [0.717, 1.165) is 0 Å². The standard InChI is InChI=1S/C2H5.CH5O2P.Zn/c1-2;1-4(2)3;/h1H2,2H3;4H,1H3,(H,2,3);. The zero-order valence-electron chi connectivity index (χ0n) is 4.77. The number of hydrogen-bond donors (Lipinski definition) is 1. The first-order chi connectivity index (χ1) is 3.15. The fourth-order valence-corrected chi connectivity index (χ4v) is 0. The minimum absolute atomic E-state index is 1.27. The van der Waals surface area contributed by atoms with Gasteiger partial charge in [-0.1, -0.05) is 0 Å². The van der Waals surface area contributed by atoms with E-state index < -0.39 is 8.03 Å². The molecule has 7 heavy (non-hydrogen) atoms. The molecular weight excluding hydrogens is 164 g/mol. The molecule has 0 aromatic rings. The maximum absolute atomic E-state index is 9.19. The van der Waals surface area contributed by atoms with Crippen molar-refractivity contribution in [2.24, 2.45) is 0 Å². The third-order valence-electron chi connectivity index (χ3n) is 0. The van der Waals surface area contributed by atoms with Crippen LogP contribution in [0.3, 0.4) is 0 Å². The topological polar surface area (TPSA) is 37.3 Å². The summed E-state index contributed by atoms with van der Waals surface area (Å²) < 4.78 is 9.19. The molecule has 1 atom stereocenters. The zero-order chi connectivity index (χ0) is 6.28. The fraction of sp³-hybridized carbons (Fsp3) is 1.00. The average molecular weight is 174 g/mol. The van der Waals surface area contributed by atoms with Gasteiger partial charge in [0.15, 0.2) is 8.03 Å². The maximum Gasteiger partial charge on any atom is 0.186 e. The predicted molar refractivity (Wildman–Crippen MR) is 27.6 cm³/mol. The van der Waals surface area contributed by atoms with E-state index >= 15 is 0 Å². The van der Waals surface area contributed by atoms with Crippen LogP contribution in [0.5, 0.6) is 0 Å². The Balaban J connectivity index is 0. The molecular formula is C3H10O2PZn. The van der Waals surface area contributed by atoms with Gasteiger partial charge in [0.05, 0.1) is 0 Å². The van der Waals surface area contributed by atoms with Gasteiger partial charge in [-0.05, 0) is 0 Å². The molecule has 1 unspecified atom stereocenters. The van der Waals surface area contributed by atoms with Crippen molar-refractivity contribution in [3.05, 3.63) is 0 Å². The van der Waals surface area contributed by atoms with Crippen molar-refractivity contribution in [3.8, 4) is 0 Å². The molecule has 0 saturated heterocycles. The molecule has 0 aromatic carbocycles. The van der Waals surface area contributed by atoms with Gasteiger partial charge in [-0.2, -0.15) is 0 Å². The van der Waals surface area contributed by atoms with Gasteiger partial charge in [-0.3, -0.25) is 4.57 Å². The van der Waals surface area contributed by atoms with Crippen molar-refractivity contribution < 1.29 is 27.8 Å². The van der Waals surface area contributed by atoms with E-state index in [0.29, 0.717) is 0 Å². The van der Waals surface area contributed by atoms with Crippen LogP contribution in [0.4, 0.5) is 0 Å². The summed E-state index contributed by atoms with van der Waals surface area (Å²) in [5.41, 5.74) is 0. The Morgan fingerprint density at radius 1 is 1.86 bits per heavy atom. The van der Waals surface area contributed by atoms with Gasteiger partial charge < -0.3 is 4.89 Å². The molecule has 2 nitrogen and oxygen atoms in total. The van der Waals surface area contributed by atoms with Gasteiger partial charge in [0.1, 0.15) is 0 Å². The molecule has 0 heterocycles. The summed E-state index contributed by atoms with van der Waals surface area (Å²) in [4.78, 5) is 7.60. The van der Waals surface area contributed by atoms with Gasteiger partial charge in [0.25, 0.3) is 0 Å². The van der Waals surface area contributed by atoms with E-state index in [2.05, 4.69) is 6.92 Å². The Kier molecular flexibility index (Phi) is 15.2. The second-order valence-corrected chi connectivity index (χ2v) is 4.16. The molecule has 0 amide bonds. The first-order valence-corrected chi connectivity index (χ1v) is 6.09. The molecule has 41 valence electrons. The van der Waals surface area contributed by atoms with Crippen LogP contribution < -0.4 is 0 Å². The first kappa shape index (κ1) is 10.7. The van der Waals surface area contributed by atoms with Crippen LogP contribution >= 0.6 is 8.03 Å². The van der Waals surface area contributed by atoms with E-state index in [4.69, 9.17) is 4.89 Å². The second kappa shape index (κ2) is 9.94. The van der Waals surface area contributed by atoms with E-state index in [1.165, 1.54) is 30.0 Å². The maximum atomic E-state index is 9.19. The third kappa shape index (κ3) is 239. The summed E-state index contributed by atoms with van der Waals surface area (Å²) in [5.74, 6) is 0. The molecule has 0 bridgehead atoms. The summed E-state index contributed by atoms with van der Waals surface area (Å²) in [6, 6.07) is 0. The Morgan fingerprint density at radius 3 is 1.86 bits per heavy atom. The number of hydrogen-bond acceptors (Lipinski definition) is 1. The smallest absolute Gasteiger partial charge is 0.186 e. The monoisotopic (exact) mass is 173 g/mol. The van der Waals surface area contributed by atoms with E-state index in [-0.39, 0.29) is 0 Å². The SMILES string of the molecule is C[CH2][Zn].C[PH](=O)O. The molecule has 0 rings (SSSR count). The van der Waals surface area contributed by atoms with Crippen molar-refractivity contribution in [1.82, 2.24) is 0 Å². The summed E-state index contributed by atoms with van der Waals surface area (Å²) in [7, 11) is -2.13. The van der Waals surface area contributed by atoms with Crippen LogP contribution in [0, 0.1) is 0 Å². The first-order valence-electron chi connectivity index (χ1n) is 2.13. The van der Waals surface area contributed by atoms with Crippen molar-refractivity contribution >= 4 is 8.03 Å². The van der Waals surface area contributed by atoms with Gasteiger partial charge in [-0.15, -0.1) is 0 Å². The van der Waals surface area contributed by atoms with E-state index in [1.807, 2.05) is 0 Å². The van der Waals surface area contributed by atoms with Crippen molar-refractivity contribution in [2.45, 2.75) is 11.9 Å². The van der Waals surface area contributed by atoms with Crippen LogP contribution in [0.25, 0.3) is 0 Å². The van der Waals surface area contributed by atoms with Crippen LogP contribution in [0.1, 0.15) is 6.92 Å².